The van der Waals surface area contributed by atoms with Crippen molar-refractivity contribution in [1.82, 2.24) is 0 Å². The van der Waals surface area contributed by atoms with E-state index in [-0.39, 0.29) is 5.78 Å². The van der Waals surface area contributed by atoms with E-state index in [2.05, 4.69) is 0 Å². The van der Waals surface area contributed by atoms with Gasteiger partial charge in [-0.15, -0.1) is 0 Å². The Kier molecular flexibility index (Phi) is 6.01. The van der Waals surface area contributed by atoms with Gasteiger partial charge in [0.2, 0.25) is 0 Å². The Labute approximate surface area is 131 Å². The average molecular weight is 298 g/mol. The summed E-state index contributed by atoms with van der Waals surface area (Å²) in [5.41, 5.74) is 1.15. The Morgan fingerprint density at radius 2 is 1.18 bits per heavy atom. The molecule has 0 saturated carbocycles. The molecule has 116 valence electrons. The van der Waals surface area contributed by atoms with Crippen LogP contribution in [0.15, 0.2) is 48.5 Å². The first-order valence-electron chi connectivity index (χ1n) is 7.76. The van der Waals surface area contributed by atoms with Crippen LogP contribution in [-0.4, -0.2) is 19.0 Å². The first kappa shape index (κ1) is 16.1. The van der Waals surface area contributed by atoms with Gasteiger partial charge in [-0.1, -0.05) is 38.1 Å². The van der Waals surface area contributed by atoms with Crippen molar-refractivity contribution in [1.29, 1.82) is 0 Å². The molecule has 2 aromatic carbocycles. The van der Waals surface area contributed by atoms with Crippen LogP contribution in [0.3, 0.4) is 0 Å². The monoisotopic (exact) mass is 298 g/mol. The van der Waals surface area contributed by atoms with Crippen LogP contribution in [0.4, 0.5) is 0 Å². The van der Waals surface area contributed by atoms with Gasteiger partial charge in [0.15, 0.2) is 5.78 Å². The molecule has 0 atom stereocenters. The van der Waals surface area contributed by atoms with Crippen LogP contribution >= 0.6 is 0 Å². The smallest absolute Gasteiger partial charge is 0.200 e. The van der Waals surface area contributed by atoms with E-state index in [1.54, 1.807) is 12.1 Å². The summed E-state index contributed by atoms with van der Waals surface area (Å²) in [4.78, 5) is 12.9. The predicted molar refractivity (Wildman–Crippen MR) is 87.9 cm³/mol. The number of carbonyl (C=O) groups excluding carboxylic acids is 1. The van der Waals surface area contributed by atoms with E-state index in [0.29, 0.717) is 35.8 Å². The fourth-order valence-corrected chi connectivity index (χ4v) is 2.13. The fourth-order valence-electron chi connectivity index (χ4n) is 2.13. The van der Waals surface area contributed by atoms with Gasteiger partial charge in [0.05, 0.1) is 24.3 Å². The molecule has 0 aliphatic heterocycles. The topological polar surface area (TPSA) is 35.5 Å². The maximum absolute atomic E-state index is 12.9. The van der Waals surface area contributed by atoms with E-state index in [9.17, 15) is 4.79 Å². The molecule has 0 N–H and O–H groups in total. The van der Waals surface area contributed by atoms with Gasteiger partial charge in [0, 0.05) is 0 Å². The van der Waals surface area contributed by atoms with Gasteiger partial charge in [-0.2, -0.15) is 0 Å². The Balaban J connectivity index is 2.32. The van der Waals surface area contributed by atoms with Crippen molar-refractivity contribution in [3.63, 3.8) is 0 Å². The first-order chi connectivity index (χ1) is 10.8. The third-order valence-corrected chi connectivity index (χ3v) is 3.19. The maximum Gasteiger partial charge on any atom is 0.200 e. The third-order valence-electron chi connectivity index (χ3n) is 3.19. The lowest BCUT2D eigenvalue weighted by atomic mass is 10.0. The Morgan fingerprint density at radius 3 is 1.59 bits per heavy atom. The Morgan fingerprint density at radius 1 is 0.773 bits per heavy atom. The quantitative estimate of drug-likeness (QED) is 0.673. The van der Waals surface area contributed by atoms with Crippen LogP contribution in [0, 0.1) is 0 Å². The number of para-hydroxylation sites is 2. The van der Waals surface area contributed by atoms with Gasteiger partial charge < -0.3 is 9.47 Å². The first-order valence-corrected chi connectivity index (χ1v) is 7.76. The second-order valence-corrected chi connectivity index (χ2v) is 5.02. The molecule has 3 heteroatoms. The van der Waals surface area contributed by atoms with Crippen molar-refractivity contribution in [2.45, 2.75) is 26.7 Å². The number of carbonyl (C=O) groups is 1. The minimum Gasteiger partial charge on any atom is -0.493 e. The Hall–Kier alpha value is -2.29. The zero-order valence-electron chi connectivity index (χ0n) is 13.2. The minimum absolute atomic E-state index is 0.0709. The highest BCUT2D eigenvalue weighted by atomic mass is 16.5. The molecule has 0 unspecified atom stereocenters. The van der Waals surface area contributed by atoms with Gasteiger partial charge in [-0.25, -0.2) is 0 Å². The van der Waals surface area contributed by atoms with Crippen molar-refractivity contribution in [3.05, 3.63) is 59.7 Å². The van der Waals surface area contributed by atoms with E-state index < -0.39 is 0 Å². The lowest BCUT2D eigenvalue weighted by Gasteiger charge is -2.13. The fraction of sp³-hybridized carbons (Fsp3) is 0.316. The normalized spacial score (nSPS) is 10.3. The van der Waals surface area contributed by atoms with Crippen LogP contribution < -0.4 is 9.47 Å². The van der Waals surface area contributed by atoms with Crippen molar-refractivity contribution in [2.24, 2.45) is 0 Å². The lowest BCUT2D eigenvalue weighted by Crippen LogP contribution is -2.08. The zero-order valence-corrected chi connectivity index (χ0v) is 13.2. The molecule has 0 spiro atoms. The highest BCUT2D eigenvalue weighted by molar-refractivity contribution is 6.12. The molecule has 0 aliphatic carbocycles. The van der Waals surface area contributed by atoms with Crippen LogP contribution in [0.5, 0.6) is 11.5 Å². The molecule has 2 rings (SSSR count). The van der Waals surface area contributed by atoms with Gasteiger partial charge in [-0.3, -0.25) is 4.79 Å². The highest BCUT2D eigenvalue weighted by Crippen LogP contribution is 2.26. The van der Waals surface area contributed by atoms with E-state index in [4.69, 9.17) is 9.47 Å². The number of ether oxygens (including phenoxy) is 2. The molecule has 2 aromatic rings. The molecule has 22 heavy (non-hydrogen) atoms. The minimum atomic E-state index is -0.0709. The van der Waals surface area contributed by atoms with Crippen LogP contribution in [-0.2, 0) is 0 Å². The van der Waals surface area contributed by atoms with Gasteiger partial charge >= 0.3 is 0 Å². The Bertz CT molecular complexity index is 566. The average Bonchev–Trinajstić information content (AvgIpc) is 2.58. The number of ketones is 1. The zero-order chi connectivity index (χ0) is 15.8. The standard InChI is InChI=1S/C19H22O3/c1-3-13-21-17-11-7-5-9-15(17)19(20)16-10-6-8-12-18(16)22-14-4-2/h5-12H,3-4,13-14H2,1-2H3. The number of rotatable bonds is 8. The number of hydrogen-bond donors (Lipinski definition) is 0. The summed E-state index contributed by atoms with van der Waals surface area (Å²) >= 11 is 0. The lowest BCUT2D eigenvalue weighted by molar-refractivity contribution is 0.103. The largest absolute Gasteiger partial charge is 0.493 e. The molecular weight excluding hydrogens is 276 g/mol. The number of hydrogen-bond acceptors (Lipinski definition) is 3. The summed E-state index contributed by atoms with van der Waals surface area (Å²) in [7, 11) is 0. The van der Waals surface area contributed by atoms with E-state index in [1.807, 2.05) is 50.2 Å². The molecule has 3 nitrogen and oxygen atoms in total. The van der Waals surface area contributed by atoms with Crippen LogP contribution in [0.25, 0.3) is 0 Å². The summed E-state index contributed by atoms with van der Waals surface area (Å²) in [5.74, 6) is 1.18. The van der Waals surface area contributed by atoms with Crippen molar-refractivity contribution < 1.29 is 14.3 Å². The van der Waals surface area contributed by atoms with Gasteiger partial charge in [0.1, 0.15) is 11.5 Å². The molecule has 0 aliphatic rings. The molecular formula is C19H22O3. The van der Waals surface area contributed by atoms with Gasteiger partial charge in [0.25, 0.3) is 0 Å². The second-order valence-electron chi connectivity index (χ2n) is 5.02. The molecule has 0 amide bonds. The van der Waals surface area contributed by atoms with Crippen LogP contribution in [0.2, 0.25) is 0 Å². The molecule has 0 heterocycles. The number of benzene rings is 2. The summed E-state index contributed by atoms with van der Waals surface area (Å²) in [6.07, 6.45) is 1.80. The highest BCUT2D eigenvalue weighted by Gasteiger charge is 2.18. The van der Waals surface area contributed by atoms with E-state index in [1.165, 1.54) is 0 Å². The van der Waals surface area contributed by atoms with Crippen molar-refractivity contribution in [3.8, 4) is 11.5 Å². The summed E-state index contributed by atoms with van der Waals surface area (Å²) < 4.78 is 11.4. The summed E-state index contributed by atoms with van der Waals surface area (Å²) in [5, 5.41) is 0. The molecule has 0 fully saturated rings. The van der Waals surface area contributed by atoms with Crippen molar-refractivity contribution in [2.75, 3.05) is 13.2 Å². The molecule has 0 bridgehead atoms. The van der Waals surface area contributed by atoms with Gasteiger partial charge in [-0.05, 0) is 37.1 Å². The predicted octanol–water partition coefficient (Wildman–Crippen LogP) is 4.50. The van der Waals surface area contributed by atoms with E-state index in [0.717, 1.165) is 12.8 Å². The molecule has 0 saturated heterocycles. The third kappa shape index (κ3) is 3.88. The van der Waals surface area contributed by atoms with Crippen molar-refractivity contribution >= 4 is 5.78 Å². The molecule has 0 aromatic heterocycles. The second kappa shape index (κ2) is 8.23. The summed E-state index contributed by atoms with van der Waals surface area (Å²) in [6, 6.07) is 14.7. The maximum atomic E-state index is 12.9. The van der Waals surface area contributed by atoms with E-state index >= 15 is 0 Å². The summed E-state index contributed by atoms with van der Waals surface area (Å²) in [6.45, 7) is 5.27. The SMILES string of the molecule is CCCOc1ccccc1C(=O)c1ccccc1OCCC. The van der Waals surface area contributed by atoms with Crippen LogP contribution in [0.1, 0.15) is 42.6 Å². The molecule has 0 radical (unpaired) electrons.